The van der Waals surface area contributed by atoms with Gasteiger partial charge in [0.1, 0.15) is 0 Å². The molecule has 0 saturated carbocycles. The number of rotatable bonds is 12. The quantitative estimate of drug-likeness (QED) is 0.296. The van der Waals surface area contributed by atoms with Crippen LogP contribution in [0.3, 0.4) is 0 Å². The second kappa shape index (κ2) is 13.8. The number of anilines is 2. The lowest BCUT2D eigenvalue weighted by atomic mass is 9.91. The Kier molecular flexibility index (Phi) is 10.2. The first-order valence-corrected chi connectivity index (χ1v) is 14.3. The number of hydrogen-bond donors (Lipinski definition) is 0. The fourth-order valence-electron chi connectivity index (χ4n) is 5.78. The lowest BCUT2D eigenvalue weighted by Gasteiger charge is -2.33. The molecule has 4 rings (SSSR count). The van der Waals surface area contributed by atoms with Crippen molar-refractivity contribution in [3.63, 3.8) is 0 Å². The molecule has 0 atom stereocenters. The van der Waals surface area contributed by atoms with Crippen LogP contribution in [-0.4, -0.2) is 55.0 Å². The maximum Gasteiger partial charge on any atom is 0.245 e. The average Bonchev–Trinajstić information content (AvgIpc) is 3.08. The first-order valence-electron chi connectivity index (χ1n) is 14.3. The molecule has 0 spiro atoms. The summed E-state index contributed by atoms with van der Waals surface area (Å²) in [6.07, 6.45) is 14.9. The Morgan fingerprint density at radius 3 is 1.97 bits per heavy atom. The van der Waals surface area contributed by atoms with E-state index >= 15 is 0 Å². The maximum absolute atomic E-state index is 13.7. The van der Waals surface area contributed by atoms with E-state index in [9.17, 15) is 4.79 Å². The Bertz CT molecular complexity index is 939. The summed E-state index contributed by atoms with van der Waals surface area (Å²) in [6, 6.07) is 16.4. The summed E-state index contributed by atoms with van der Waals surface area (Å²) in [7, 11) is 0. The Hall–Kier alpha value is -2.43. The predicted molar refractivity (Wildman–Crippen MR) is 154 cm³/mol. The third kappa shape index (κ3) is 7.08. The van der Waals surface area contributed by atoms with Crippen LogP contribution in [0.25, 0.3) is 12.2 Å². The van der Waals surface area contributed by atoms with Crippen LogP contribution in [0.4, 0.5) is 11.4 Å². The van der Waals surface area contributed by atoms with Crippen LogP contribution in [0, 0.1) is 5.92 Å². The van der Waals surface area contributed by atoms with Gasteiger partial charge >= 0.3 is 0 Å². The van der Waals surface area contributed by atoms with Gasteiger partial charge in [0.05, 0.1) is 17.9 Å². The number of piperidine rings is 1. The van der Waals surface area contributed by atoms with Crippen LogP contribution < -0.4 is 4.90 Å². The highest BCUT2D eigenvalue weighted by atomic mass is 16.2. The Balaban J connectivity index is 1.22. The zero-order valence-electron chi connectivity index (χ0n) is 22.5. The van der Waals surface area contributed by atoms with Crippen molar-refractivity contribution in [3.05, 3.63) is 59.7 Å². The predicted octanol–water partition coefficient (Wildman–Crippen LogP) is 7.23. The molecule has 36 heavy (non-hydrogen) atoms. The number of para-hydroxylation sites is 2. The molecule has 1 fully saturated rings. The molecule has 1 saturated heterocycles. The van der Waals surface area contributed by atoms with Gasteiger partial charge in [0, 0.05) is 0 Å². The number of hydrogen-bond acceptors (Lipinski definition) is 3. The van der Waals surface area contributed by atoms with Crippen molar-refractivity contribution >= 4 is 29.4 Å². The van der Waals surface area contributed by atoms with E-state index in [0.29, 0.717) is 6.54 Å². The fourth-order valence-corrected chi connectivity index (χ4v) is 5.78. The Morgan fingerprint density at radius 1 is 0.806 bits per heavy atom. The van der Waals surface area contributed by atoms with Crippen LogP contribution in [-0.2, 0) is 4.79 Å². The van der Waals surface area contributed by atoms with E-state index in [1.807, 2.05) is 29.2 Å². The molecule has 4 heteroatoms. The van der Waals surface area contributed by atoms with Crippen molar-refractivity contribution in [2.24, 2.45) is 5.92 Å². The summed E-state index contributed by atoms with van der Waals surface area (Å²) in [6.45, 7) is 10.7. The molecule has 0 aliphatic carbocycles. The van der Waals surface area contributed by atoms with E-state index in [4.69, 9.17) is 0 Å². The van der Waals surface area contributed by atoms with Gasteiger partial charge in [0.15, 0.2) is 0 Å². The van der Waals surface area contributed by atoms with Crippen LogP contribution in [0.15, 0.2) is 48.5 Å². The van der Waals surface area contributed by atoms with E-state index < -0.39 is 0 Å². The average molecular weight is 488 g/mol. The first kappa shape index (κ1) is 26.6. The minimum absolute atomic E-state index is 0.168. The maximum atomic E-state index is 13.7. The van der Waals surface area contributed by atoms with Crippen LogP contribution >= 0.6 is 0 Å². The van der Waals surface area contributed by atoms with Gasteiger partial charge in [-0.05, 0) is 81.2 Å². The van der Waals surface area contributed by atoms with Crippen molar-refractivity contribution < 1.29 is 4.79 Å². The third-order valence-electron chi connectivity index (χ3n) is 8.09. The highest BCUT2D eigenvalue weighted by Crippen LogP contribution is 2.36. The normalized spacial score (nSPS) is 16.1. The van der Waals surface area contributed by atoms with Gasteiger partial charge in [-0.1, -0.05) is 94.5 Å². The van der Waals surface area contributed by atoms with Crippen LogP contribution in [0.1, 0.15) is 76.3 Å². The molecule has 2 heterocycles. The van der Waals surface area contributed by atoms with E-state index in [1.54, 1.807) is 0 Å². The smallest absolute Gasteiger partial charge is 0.245 e. The molecule has 194 valence electrons. The largest absolute Gasteiger partial charge is 0.304 e. The van der Waals surface area contributed by atoms with Crippen molar-refractivity contribution in [1.29, 1.82) is 0 Å². The van der Waals surface area contributed by atoms with Crippen LogP contribution in [0.5, 0.6) is 0 Å². The molecule has 0 N–H and O–H groups in total. The minimum Gasteiger partial charge on any atom is -0.304 e. The molecular weight excluding hydrogens is 442 g/mol. The van der Waals surface area contributed by atoms with Gasteiger partial charge in [0.2, 0.25) is 5.91 Å². The lowest BCUT2D eigenvalue weighted by Crippen LogP contribution is -2.42. The van der Waals surface area contributed by atoms with E-state index in [2.05, 4.69) is 60.1 Å². The summed E-state index contributed by atoms with van der Waals surface area (Å²) in [5.41, 5.74) is 4.15. The van der Waals surface area contributed by atoms with Gasteiger partial charge in [0.25, 0.3) is 0 Å². The van der Waals surface area contributed by atoms with Crippen molar-refractivity contribution in [3.8, 4) is 0 Å². The molecule has 0 radical (unpaired) electrons. The zero-order valence-corrected chi connectivity index (χ0v) is 22.5. The SMILES string of the molecule is CCN(CC)CCCCCCCC1CCN(CC(=O)N2c3ccccc3C=Cc3ccccc32)CC1. The zero-order chi connectivity index (χ0) is 25.2. The number of nitrogens with zero attached hydrogens (tertiary/aromatic N) is 3. The number of carbonyl (C=O) groups is 1. The number of likely N-dealkylation sites (tertiary alicyclic amines) is 1. The van der Waals surface area contributed by atoms with Gasteiger partial charge < -0.3 is 4.90 Å². The highest BCUT2D eigenvalue weighted by Gasteiger charge is 2.27. The molecule has 2 aromatic rings. The Morgan fingerprint density at radius 2 is 1.36 bits per heavy atom. The van der Waals surface area contributed by atoms with E-state index in [1.165, 1.54) is 71.0 Å². The molecule has 2 aliphatic rings. The topological polar surface area (TPSA) is 26.8 Å². The fraction of sp³-hybridized carbons (Fsp3) is 0.531. The molecule has 0 unspecified atom stereocenters. The monoisotopic (exact) mass is 487 g/mol. The van der Waals surface area contributed by atoms with Gasteiger partial charge in [-0.3, -0.25) is 14.6 Å². The summed E-state index contributed by atoms with van der Waals surface area (Å²) < 4.78 is 0. The van der Waals surface area contributed by atoms with Crippen molar-refractivity contribution in [1.82, 2.24) is 9.80 Å². The van der Waals surface area contributed by atoms with Gasteiger partial charge in [-0.25, -0.2) is 0 Å². The molecule has 4 nitrogen and oxygen atoms in total. The summed E-state index contributed by atoms with van der Waals surface area (Å²) in [4.78, 5) is 20.5. The molecule has 0 bridgehead atoms. The second-order valence-corrected chi connectivity index (χ2v) is 10.5. The molecule has 2 aliphatic heterocycles. The van der Waals surface area contributed by atoms with Crippen molar-refractivity contribution in [2.45, 2.75) is 65.2 Å². The van der Waals surface area contributed by atoms with Gasteiger partial charge in [-0.2, -0.15) is 0 Å². The Labute approximate surface area is 219 Å². The number of unbranched alkanes of at least 4 members (excludes halogenated alkanes) is 4. The second-order valence-electron chi connectivity index (χ2n) is 10.5. The minimum atomic E-state index is 0.168. The third-order valence-corrected chi connectivity index (χ3v) is 8.09. The highest BCUT2D eigenvalue weighted by molar-refractivity contribution is 6.07. The first-order chi connectivity index (χ1) is 17.7. The summed E-state index contributed by atoms with van der Waals surface area (Å²) in [5.74, 6) is 0.998. The molecular formula is C32H45N3O. The number of amides is 1. The molecule has 2 aromatic carbocycles. The summed E-state index contributed by atoms with van der Waals surface area (Å²) in [5, 5.41) is 0. The van der Waals surface area contributed by atoms with E-state index in [0.717, 1.165) is 41.5 Å². The number of benzene rings is 2. The number of fused-ring (bicyclic) bond motifs is 2. The lowest BCUT2D eigenvalue weighted by molar-refractivity contribution is -0.119. The van der Waals surface area contributed by atoms with Crippen molar-refractivity contribution in [2.75, 3.05) is 44.2 Å². The number of carbonyl (C=O) groups excluding carboxylic acids is 1. The van der Waals surface area contributed by atoms with Gasteiger partial charge in [-0.15, -0.1) is 0 Å². The summed E-state index contributed by atoms with van der Waals surface area (Å²) >= 11 is 0. The molecule has 0 aromatic heterocycles. The molecule has 1 amide bonds. The van der Waals surface area contributed by atoms with Crippen LogP contribution in [0.2, 0.25) is 0 Å². The van der Waals surface area contributed by atoms with E-state index in [-0.39, 0.29) is 5.91 Å². The standard InChI is InChI=1S/C32H45N3O/c1-3-33(4-2)23-13-7-5-6-8-14-27-21-24-34(25-22-27)26-32(36)35-30-17-11-9-15-28(30)19-20-29-16-10-12-18-31(29)35/h9-12,15-20,27H,3-8,13-14,21-26H2,1-2H3.